The van der Waals surface area contributed by atoms with Crippen molar-refractivity contribution in [3.63, 3.8) is 0 Å². The van der Waals surface area contributed by atoms with E-state index in [9.17, 15) is 9.59 Å². The molecule has 2 aromatic carbocycles. The molecule has 2 heterocycles. The van der Waals surface area contributed by atoms with Gasteiger partial charge in [-0.2, -0.15) is 5.10 Å². The van der Waals surface area contributed by atoms with Gasteiger partial charge in [-0.1, -0.05) is 30.3 Å². The average molecular weight is 389 g/mol. The molecule has 1 unspecified atom stereocenters. The van der Waals surface area contributed by atoms with Crippen molar-refractivity contribution < 1.29 is 9.59 Å². The number of anilines is 3. The smallest absolute Gasteiger partial charge is 0.233 e. The first-order chi connectivity index (χ1) is 14.0. The molecule has 1 aromatic heterocycles. The highest BCUT2D eigenvalue weighted by molar-refractivity contribution is 6.04. The van der Waals surface area contributed by atoms with Crippen LogP contribution in [0.2, 0.25) is 0 Å². The zero-order chi connectivity index (χ0) is 20.4. The van der Waals surface area contributed by atoms with Crippen LogP contribution in [0.15, 0.2) is 60.8 Å². The molecule has 7 nitrogen and oxygen atoms in total. The molecule has 148 valence electrons. The van der Waals surface area contributed by atoms with Crippen LogP contribution in [0.25, 0.3) is 0 Å². The highest BCUT2D eigenvalue weighted by Gasteiger charge is 2.30. The van der Waals surface area contributed by atoms with Crippen LogP contribution in [-0.4, -0.2) is 35.7 Å². The van der Waals surface area contributed by atoms with E-state index in [-0.39, 0.29) is 18.2 Å². The molecular formula is C22H23N5O2. The summed E-state index contributed by atoms with van der Waals surface area (Å²) in [5.41, 5.74) is 3.72. The lowest BCUT2D eigenvalue weighted by Gasteiger charge is -2.24. The molecule has 1 atom stereocenters. The number of hydrogen-bond acceptors (Lipinski definition) is 4. The molecule has 7 heteroatoms. The lowest BCUT2D eigenvalue weighted by atomic mass is 9.90. The molecule has 3 aromatic rings. The third kappa shape index (κ3) is 3.99. The summed E-state index contributed by atoms with van der Waals surface area (Å²) in [5, 5.41) is 10.1. The number of hydrogen-bond donors (Lipinski definition) is 2. The fourth-order valence-corrected chi connectivity index (χ4v) is 3.50. The minimum Gasteiger partial charge on any atom is -0.378 e. The van der Waals surface area contributed by atoms with E-state index < -0.39 is 5.92 Å². The van der Waals surface area contributed by atoms with Crippen LogP contribution >= 0.6 is 0 Å². The summed E-state index contributed by atoms with van der Waals surface area (Å²) < 4.78 is 1.75. The van der Waals surface area contributed by atoms with Crippen molar-refractivity contribution in [3.05, 3.63) is 71.9 Å². The van der Waals surface area contributed by atoms with E-state index in [0.717, 1.165) is 16.8 Å². The van der Waals surface area contributed by atoms with Crippen molar-refractivity contribution in [3.8, 4) is 0 Å². The summed E-state index contributed by atoms with van der Waals surface area (Å²) in [5.74, 6) is -0.284. The Hall–Kier alpha value is -3.61. The van der Waals surface area contributed by atoms with E-state index in [4.69, 9.17) is 0 Å². The van der Waals surface area contributed by atoms with E-state index in [2.05, 4.69) is 27.9 Å². The largest absolute Gasteiger partial charge is 0.378 e. The zero-order valence-electron chi connectivity index (χ0n) is 16.4. The second-order valence-electron chi connectivity index (χ2n) is 7.32. The minimum absolute atomic E-state index is 0.128. The molecule has 0 spiro atoms. The summed E-state index contributed by atoms with van der Waals surface area (Å²) in [6, 6.07) is 17.4. The second-order valence-corrected chi connectivity index (χ2v) is 7.32. The summed E-state index contributed by atoms with van der Waals surface area (Å²) in [7, 11) is 4.00. The first-order valence-electron chi connectivity index (χ1n) is 9.49. The van der Waals surface area contributed by atoms with E-state index in [1.54, 1.807) is 16.9 Å². The van der Waals surface area contributed by atoms with Gasteiger partial charge in [0.15, 0.2) is 0 Å². The molecule has 1 aliphatic rings. The monoisotopic (exact) mass is 389 g/mol. The van der Waals surface area contributed by atoms with Gasteiger partial charge in [0.1, 0.15) is 5.82 Å². The van der Waals surface area contributed by atoms with Crippen LogP contribution in [0.5, 0.6) is 0 Å². The zero-order valence-corrected chi connectivity index (χ0v) is 16.4. The SMILES string of the molecule is CN(C)c1ccc(Cn2nccc2NC(=O)C2CC(=O)Nc3ccccc32)cc1. The van der Waals surface area contributed by atoms with Crippen molar-refractivity contribution in [2.75, 3.05) is 29.6 Å². The Morgan fingerprint density at radius 3 is 2.69 bits per heavy atom. The number of nitrogens with one attached hydrogen (secondary N) is 2. The Morgan fingerprint density at radius 1 is 1.17 bits per heavy atom. The summed E-state index contributed by atoms with van der Waals surface area (Å²) >= 11 is 0. The molecular weight excluding hydrogens is 366 g/mol. The Labute approximate surface area is 169 Å². The first kappa shape index (κ1) is 18.7. The lowest BCUT2D eigenvalue weighted by Crippen LogP contribution is -2.31. The van der Waals surface area contributed by atoms with Gasteiger partial charge in [-0.15, -0.1) is 0 Å². The predicted octanol–water partition coefficient (Wildman–Crippen LogP) is 3.06. The maximum atomic E-state index is 13.0. The fraction of sp³-hybridized carbons (Fsp3) is 0.227. The molecule has 0 bridgehead atoms. The first-order valence-corrected chi connectivity index (χ1v) is 9.49. The number of rotatable bonds is 5. The van der Waals surface area contributed by atoms with Gasteiger partial charge in [-0.3, -0.25) is 9.59 Å². The lowest BCUT2D eigenvalue weighted by molar-refractivity contribution is -0.123. The summed E-state index contributed by atoms with van der Waals surface area (Å²) in [6.45, 7) is 0.540. The molecule has 0 aliphatic carbocycles. The number of carbonyl (C=O) groups excluding carboxylic acids is 2. The van der Waals surface area contributed by atoms with Crippen molar-refractivity contribution in [1.82, 2.24) is 9.78 Å². The van der Waals surface area contributed by atoms with Gasteiger partial charge in [0.25, 0.3) is 0 Å². The molecule has 2 N–H and O–H groups in total. The Kier molecular flexibility index (Phi) is 5.03. The number of nitrogens with zero attached hydrogens (tertiary/aromatic N) is 3. The van der Waals surface area contributed by atoms with Crippen molar-refractivity contribution in [1.29, 1.82) is 0 Å². The van der Waals surface area contributed by atoms with E-state index in [0.29, 0.717) is 18.1 Å². The third-order valence-electron chi connectivity index (χ3n) is 5.07. The number of aromatic nitrogens is 2. The van der Waals surface area contributed by atoms with Crippen LogP contribution in [0.3, 0.4) is 0 Å². The van der Waals surface area contributed by atoms with Gasteiger partial charge in [-0.25, -0.2) is 4.68 Å². The molecule has 0 fully saturated rings. The molecule has 1 aliphatic heterocycles. The van der Waals surface area contributed by atoms with Crippen LogP contribution < -0.4 is 15.5 Å². The number of fused-ring (bicyclic) bond motifs is 1. The van der Waals surface area contributed by atoms with Crippen LogP contribution in [0, 0.1) is 0 Å². The summed E-state index contributed by atoms with van der Waals surface area (Å²) in [4.78, 5) is 27.0. The molecule has 0 saturated carbocycles. The normalized spacial score (nSPS) is 15.4. The van der Waals surface area contributed by atoms with E-state index in [1.165, 1.54) is 0 Å². The van der Waals surface area contributed by atoms with Gasteiger partial charge in [-0.05, 0) is 29.3 Å². The Bertz CT molecular complexity index is 1040. The highest BCUT2D eigenvalue weighted by atomic mass is 16.2. The Balaban J connectivity index is 1.51. The number of carbonyl (C=O) groups is 2. The standard InChI is InChI=1S/C22H23N5O2/c1-26(2)16-9-7-15(8-10-16)14-27-20(11-12-23-27)25-22(29)18-13-21(28)24-19-6-4-3-5-17(18)19/h3-12,18H,13-14H2,1-2H3,(H,24,28)(H,25,29). The number of amides is 2. The van der Waals surface area contributed by atoms with Crippen LogP contribution in [0.4, 0.5) is 17.2 Å². The number of para-hydroxylation sites is 1. The molecule has 0 radical (unpaired) electrons. The van der Waals surface area contributed by atoms with Gasteiger partial charge < -0.3 is 15.5 Å². The van der Waals surface area contributed by atoms with Crippen LogP contribution in [0.1, 0.15) is 23.5 Å². The predicted molar refractivity (Wildman–Crippen MR) is 113 cm³/mol. The minimum atomic E-state index is -0.525. The van der Waals surface area contributed by atoms with Crippen molar-refractivity contribution >= 4 is 29.0 Å². The van der Waals surface area contributed by atoms with E-state index >= 15 is 0 Å². The van der Waals surface area contributed by atoms with Gasteiger partial charge in [0.2, 0.25) is 11.8 Å². The van der Waals surface area contributed by atoms with Crippen LogP contribution in [-0.2, 0) is 16.1 Å². The summed E-state index contributed by atoms with van der Waals surface area (Å²) in [6.07, 6.45) is 1.79. The third-order valence-corrected chi connectivity index (χ3v) is 5.07. The second kappa shape index (κ2) is 7.79. The molecule has 2 amide bonds. The van der Waals surface area contributed by atoms with E-state index in [1.807, 2.05) is 55.4 Å². The molecule has 29 heavy (non-hydrogen) atoms. The average Bonchev–Trinajstić information content (AvgIpc) is 3.14. The quantitative estimate of drug-likeness (QED) is 0.703. The topological polar surface area (TPSA) is 79.3 Å². The van der Waals surface area contributed by atoms with Crippen molar-refractivity contribution in [2.24, 2.45) is 0 Å². The maximum absolute atomic E-state index is 13.0. The maximum Gasteiger partial charge on any atom is 0.233 e. The highest BCUT2D eigenvalue weighted by Crippen LogP contribution is 2.32. The van der Waals surface area contributed by atoms with Gasteiger partial charge >= 0.3 is 0 Å². The Morgan fingerprint density at radius 2 is 1.93 bits per heavy atom. The number of benzene rings is 2. The van der Waals surface area contributed by atoms with Crippen molar-refractivity contribution in [2.45, 2.75) is 18.9 Å². The van der Waals surface area contributed by atoms with Gasteiger partial charge in [0, 0.05) is 38.0 Å². The molecule has 4 rings (SSSR count). The fourth-order valence-electron chi connectivity index (χ4n) is 3.50. The molecule has 0 saturated heterocycles. The van der Waals surface area contributed by atoms with Gasteiger partial charge in [0.05, 0.1) is 18.7 Å².